The van der Waals surface area contributed by atoms with E-state index in [1.165, 1.54) is 17.4 Å². The fourth-order valence-electron chi connectivity index (χ4n) is 2.56. The SMILES string of the molecule is CCOc1ccc(NC(=O)CNC(=O)c2csc(Cc3ccccc3F)n2)cc1. The van der Waals surface area contributed by atoms with Crippen LogP contribution in [0.1, 0.15) is 28.0 Å². The average Bonchev–Trinajstić information content (AvgIpc) is 3.18. The Bertz CT molecular complexity index is 989. The summed E-state index contributed by atoms with van der Waals surface area (Å²) in [6.45, 7) is 2.27. The van der Waals surface area contributed by atoms with E-state index < -0.39 is 5.91 Å². The number of hydrogen-bond donors (Lipinski definition) is 2. The lowest BCUT2D eigenvalue weighted by Crippen LogP contribution is -2.33. The molecule has 6 nitrogen and oxygen atoms in total. The van der Waals surface area contributed by atoms with Crippen molar-refractivity contribution in [2.75, 3.05) is 18.5 Å². The Morgan fingerprint density at radius 3 is 2.62 bits per heavy atom. The Balaban J connectivity index is 1.49. The lowest BCUT2D eigenvalue weighted by molar-refractivity contribution is -0.115. The summed E-state index contributed by atoms with van der Waals surface area (Å²) in [7, 11) is 0. The Hall–Kier alpha value is -3.26. The third kappa shape index (κ3) is 5.86. The van der Waals surface area contributed by atoms with Crippen molar-refractivity contribution < 1.29 is 18.7 Å². The van der Waals surface area contributed by atoms with Gasteiger partial charge in [-0.3, -0.25) is 9.59 Å². The van der Waals surface area contributed by atoms with Crippen LogP contribution in [0.25, 0.3) is 0 Å². The number of ether oxygens (including phenoxy) is 1. The van der Waals surface area contributed by atoms with E-state index in [0.717, 1.165) is 0 Å². The predicted octanol–water partition coefficient (Wildman–Crippen LogP) is 3.64. The highest BCUT2D eigenvalue weighted by Gasteiger charge is 2.13. The fraction of sp³-hybridized carbons (Fsp3) is 0.190. The first-order valence-corrected chi connectivity index (χ1v) is 9.92. The minimum absolute atomic E-state index is 0.188. The number of halogens is 1. The highest BCUT2D eigenvalue weighted by Crippen LogP contribution is 2.17. The smallest absolute Gasteiger partial charge is 0.271 e. The highest BCUT2D eigenvalue weighted by atomic mass is 32.1. The van der Waals surface area contributed by atoms with Crippen molar-refractivity contribution in [3.05, 3.63) is 76.0 Å². The minimum Gasteiger partial charge on any atom is -0.494 e. The van der Waals surface area contributed by atoms with E-state index in [2.05, 4.69) is 15.6 Å². The Kier molecular flexibility index (Phi) is 6.91. The average molecular weight is 413 g/mol. The summed E-state index contributed by atoms with van der Waals surface area (Å²) in [5, 5.41) is 7.44. The van der Waals surface area contributed by atoms with Crippen LogP contribution in [-0.2, 0) is 11.2 Å². The van der Waals surface area contributed by atoms with E-state index in [1.54, 1.807) is 47.8 Å². The number of carbonyl (C=O) groups is 2. The molecule has 0 saturated heterocycles. The standard InChI is InChI=1S/C21H20FN3O3S/c1-2-28-16-9-7-15(8-10-16)24-19(26)12-23-21(27)18-13-29-20(25-18)11-14-5-3-4-6-17(14)22/h3-10,13H,2,11-12H2,1H3,(H,23,27)(H,24,26). The first-order chi connectivity index (χ1) is 14.0. The number of aromatic nitrogens is 1. The topological polar surface area (TPSA) is 80.3 Å². The van der Waals surface area contributed by atoms with Gasteiger partial charge in [-0.1, -0.05) is 18.2 Å². The van der Waals surface area contributed by atoms with Gasteiger partial charge >= 0.3 is 0 Å². The van der Waals surface area contributed by atoms with Gasteiger partial charge in [-0.05, 0) is 42.8 Å². The van der Waals surface area contributed by atoms with E-state index in [0.29, 0.717) is 35.0 Å². The molecule has 0 saturated carbocycles. The maximum atomic E-state index is 13.7. The van der Waals surface area contributed by atoms with Gasteiger partial charge in [0.25, 0.3) is 5.91 Å². The Morgan fingerprint density at radius 2 is 1.90 bits per heavy atom. The van der Waals surface area contributed by atoms with Crippen molar-refractivity contribution >= 4 is 28.8 Å². The summed E-state index contributed by atoms with van der Waals surface area (Å²) in [4.78, 5) is 28.5. The molecule has 3 rings (SSSR count). The Labute approximate surface area is 171 Å². The molecular formula is C21H20FN3O3S. The number of amides is 2. The van der Waals surface area contributed by atoms with Crippen molar-refractivity contribution in [3.63, 3.8) is 0 Å². The summed E-state index contributed by atoms with van der Waals surface area (Å²) >= 11 is 1.27. The largest absolute Gasteiger partial charge is 0.494 e. The number of anilines is 1. The van der Waals surface area contributed by atoms with Crippen molar-refractivity contribution in [3.8, 4) is 5.75 Å². The van der Waals surface area contributed by atoms with Gasteiger partial charge in [-0.2, -0.15) is 0 Å². The number of carbonyl (C=O) groups excluding carboxylic acids is 2. The molecule has 0 fully saturated rings. The van der Waals surface area contributed by atoms with Gasteiger partial charge in [0, 0.05) is 17.5 Å². The molecule has 0 aliphatic carbocycles. The molecule has 0 unspecified atom stereocenters. The lowest BCUT2D eigenvalue weighted by atomic mass is 10.1. The maximum Gasteiger partial charge on any atom is 0.271 e. The van der Waals surface area contributed by atoms with Crippen molar-refractivity contribution in [1.29, 1.82) is 0 Å². The summed E-state index contributed by atoms with van der Waals surface area (Å²) in [6, 6.07) is 13.4. The van der Waals surface area contributed by atoms with Gasteiger partial charge in [0.15, 0.2) is 0 Å². The molecule has 150 valence electrons. The molecule has 0 spiro atoms. The van der Waals surface area contributed by atoms with Gasteiger partial charge in [-0.15, -0.1) is 11.3 Å². The van der Waals surface area contributed by atoms with Crippen molar-refractivity contribution in [2.24, 2.45) is 0 Å². The van der Waals surface area contributed by atoms with Crippen LogP contribution in [0.2, 0.25) is 0 Å². The number of nitrogens with zero attached hydrogens (tertiary/aromatic N) is 1. The molecule has 0 aliphatic rings. The molecule has 2 N–H and O–H groups in total. The quantitative estimate of drug-likeness (QED) is 0.591. The van der Waals surface area contributed by atoms with Crippen LogP contribution in [0, 0.1) is 5.82 Å². The van der Waals surface area contributed by atoms with Crippen LogP contribution in [0.15, 0.2) is 53.9 Å². The molecule has 2 aromatic carbocycles. The van der Waals surface area contributed by atoms with Crippen LogP contribution in [0.4, 0.5) is 10.1 Å². The zero-order valence-corrected chi connectivity index (χ0v) is 16.6. The number of thiazole rings is 1. The van der Waals surface area contributed by atoms with Crippen LogP contribution in [0.5, 0.6) is 5.75 Å². The molecule has 0 aliphatic heterocycles. The number of nitrogens with one attached hydrogen (secondary N) is 2. The fourth-order valence-corrected chi connectivity index (χ4v) is 3.36. The molecule has 3 aromatic rings. The zero-order valence-electron chi connectivity index (χ0n) is 15.8. The summed E-state index contributed by atoms with van der Waals surface area (Å²) < 4.78 is 19.1. The van der Waals surface area contributed by atoms with Crippen LogP contribution < -0.4 is 15.4 Å². The van der Waals surface area contributed by atoms with E-state index in [1.807, 2.05) is 6.92 Å². The van der Waals surface area contributed by atoms with E-state index >= 15 is 0 Å². The van der Waals surface area contributed by atoms with E-state index in [4.69, 9.17) is 4.74 Å². The molecular weight excluding hydrogens is 393 g/mol. The second kappa shape index (κ2) is 9.79. The van der Waals surface area contributed by atoms with Gasteiger partial charge in [0.2, 0.25) is 5.91 Å². The monoisotopic (exact) mass is 413 g/mol. The molecule has 8 heteroatoms. The summed E-state index contributed by atoms with van der Waals surface area (Å²) in [5.74, 6) is -0.402. The minimum atomic E-state index is -0.456. The first kappa shape index (κ1) is 20.5. The van der Waals surface area contributed by atoms with Crippen molar-refractivity contribution in [2.45, 2.75) is 13.3 Å². The molecule has 1 heterocycles. The normalized spacial score (nSPS) is 10.4. The zero-order chi connectivity index (χ0) is 20.6. The molecule has 0 bridgehead atoms. The number of benzene rings is 2. The van der Waals surface area contributed by atoms with Crippen molar-refractivity contribution in [1.82, 2.24) is 10.3 Å². The maximum absolute atomic E-state index is 13.7. The first-order valence-electron chi connectivity index (χ1n) is 9.04. The van der Waals surface area contributed by atoms with Crippen LogP contribution >= 0.6 is 11.3 Å². The summed E-state index contributed by atoms with van der Waals surface area (Å²) in [5.41, 5.74) is 1.33. The van der Waals surface area contributed by atoms with E-state index in [-0.39, 0.29) is 24.0 Å². The van der Waals surface area contributed by atoms with Crippen LogP contribution in [-0.4, -0.2) is 29.9 Å². The van der Waals surface area contributed by atoms with Gasteiger partial charge in [-0.25, -0.2) is 9.37 Å². The number of rotatable bonds is 8. The Morgan fingerprint density at radius 1 is 1.14 bits per heavy atom. The van der Waals surface area contributed by atoms with Gasteiger partial charge < -0.3 is 15.4 Å². The number of hydrogen-bond acceptors (Lipinski definition) is 5. The lowest BCUT2D eigenvalue weighted by Gasteiger charge is -2.07. The third-order valence-corrected chi connectivity index (χ3v) is 4.79. The molecule has 29 heavy (non-hydrogen) atoms. The second-order valence-corrected chi connectivity index (χ2v) is 7.03. The van der Waals surface area contributed by atoms with Gasteiger partial charge in [0.1, 0.15) is 17.3 Å². The molecule has 1 aromatic heterocycles. The highest BCUT2D eigenvalue weighted by molar-refractivity contribution is 7.09. The molecule has 2 amide bonds. The second-order valence-electron chi connectivity index (χ2n) is 6.08. The van der Waals surface area contributed by atoms with E-state index in [9.17, 15) is 14.0 Å². The van der Waals surface area contributed by atoms with Crippen LogP contribution in [0.3, 0.4) is 0 Å². The molecule has 0 radical (unpaired) electrons. The third-order valence-electron chi connectivity index (χ3n) is 3.94. The van der Waals surface area contributed by atoms with Gasteiger partial charge in [0.05, 0.1) is 18.2 Å². The molecule has 0 atom stereocenters. The predicted molar refractivity (Wildman–Crippen MR) is 110 cm³/mol. The summed E-state index contributed by atoms with van der Waals surface area (Å²) in [6.07, 6.45) is 0.308.